The second-order valence-corrected chi connectivity index (χ2v) is 0. The van der Waals surface area contributed by atoms with Crippen LogP contribution in [0.15, 0.2) is 0 Å². The van der Waals surface area contributed by atoms with Gasteiger partial charge >= 0.3 is 19.5 Å². The number of hydrogen-bond donors (Lipinski definition) is 0. The van der Waals surface area contributed by atoms with Crippen LogP contribution in [0.1, 0.15) is 2.74 Å². The molecule has 0 aliphatic rings. The quantitative estimate of drug-likeness (QED) is 0.272. The molecule has 0 atom stereocenters. The van der Waals surface area contributed by atoms with Crippen LogP contribution in [0.5, 0.6) is 0 Å². The van der Waals surface area contributed by atoms with Crippen LogP contribution >= 0.6 is 0 Å². The normalized spacial score (nSPS) is 5.60. The summed E-state index contributed by atoms with van der Waals surface area (Å²) in [5, 5.41) is 0. The summed E-state index contributed by atoms with van der Waals surface area (Å²) in [5.41, 5.74) is 0. The van der Waals surface area contributed by atoms with Crippen molar-refractivity contribution < 1.29 is 31.8 Å². The third-order valence-electron chi connectivity index (χ3n) is 0. The Kier molecular flexibility index (Phi) is 25800. The topological polar surface area (TPSA) is 34.1 Å². The largest absolute Gasteiger partial charge is 2.00 e. The van der Waals surface area contributed by atoms with Gasteiger partial charge in [-0.1, -0.05) is 0 Å². The summed E-state index contributed by atoms with van der Waals surface area (Å²) < 4.78 is 10.8. The Morgan fingerprint density at radius 2 is 1.40 bits per heavy atom. The SMILES string of the molecule is [2H][C-]=O.[2H][C-]=O.[Rh+2]. The molecule has 0 saturated heterocycles. The van der Waals surface area contributed by atoms with Crippen molar-refractivity contribution in [2.24, 2.45) is 0 Å². The molecule has 31 valence electrons. The maximum atomic E-state index is 8.35. The van der Waals surface area contributed by atoms with E-state index in [9.17, 15) is 0 Å². The zero-order chi connectivity index (χ0) is 5.41. The predicted molar refractivity (Wildman–Crippen MR) is 13.5 cm³/mol. The van der Waals surface area contributed by atoms with Crippen LogP contribution in [-0.4, -0.2) is 13.5 Å². The van der Waals surface area contributed by atoms with Crippen molar-refractivity contribution in [3.63, 3.8) is 0 Å². The summed E-state index contributed by atoms with van der Waals surface area (Å²) in [4.78, 5) is 16.7. The summed E-state index contributed by atoms with van der Waals surface area (Å²) >= 11 is 0. The maximum absolute atomic E-state index is 8.35. The van der Waals surface area contributed by atoms with Gasteiger partial charge in [0.05, 0.1) is 0 Å². The average Bonchev–Trinajstić information content (AvgIpc) is 1.39. The van der Waals surface area contributed by atoms with Gasteiger partial charge in [-0.2, -0.15) is 2.74 Å². The molecule has 0 aliphatic heterocycles. The first-order chi connectivity index (χ1) is 2.83. The molecule has 0 aromatic rings. The van der Waals surface area contributed by atoms with Crippen LogP contribution in [0.4, 0.5) is 0 Å². The zero-order valence-electron chi connectivity index (χ0n) is 4.15. The molecule has 0 amide bonds. The molecule has 0 aromatic heterocycles. The minimum absolute atomic E-state index is 0. The van der Waals surface area contributed by atoms with Gasteiger partial charge in [-0.3, -0.25) is 13.5 Å². The molecule has 5 heavy (non-hydrogen) atoms. The Labute approximate surface area is 46.1 Å². The monoisotopic (exact) mass is 163 g/mol. The van der Waals surface area contributed by atoms with Crippen LogP contribution in [0.25, 0.3) is 0 Å². The summed E-state index contributed by atoms with van der Waals surface area (Å²) in [5.74, 6) is 0. The van der Waals surface area contributed by atoms with Gasteiger partial charge in [-0.05, 0) is 0 Å². The van der Waals surface area contributed by atoms with E-state index in [0.717, 1.165) is 13.5 Å². The first-order valence-electron chi connectivity index (χ1n) is 1.41. The molecule has 0 heterocycles. The van der Waals surface area contributed by atoms with Gasteiger partial charge in [-0.15, -0.1) is 0 Å². The number of hydrogen-bond acceptors (Lipinski definition) is 2. The summed E-state index contributed by atoms with van der Waals surface area (Å²) in [6, 6.07) is 0. The minimum atomic E-state index is 0. The average molecular weight is 163 g/mol. The molecular formula is C2H2O2Rh. The van der Waals surface area contributed by atoms with Gasteiger partial charge < -0.3 is 9.59 Å². The Morgan fingerprint density at radius 3 is 1.40 bits per heavy atom. The molecule has 0 unspecified atom stereocenters. The first kappa shape index (κ1) is 4.96. The fourth-order valence-corrected chi connectivity index (χ4v) is 0. The van der Waals surface area contributed by atoms with E-state index in [2.05, 4.69) is 0 Å². The standard InChI is InChI=1S/2CHO.Rh/c2*1-2;/h2*1H;/q2*-1;+2/i2*1D;. The van der Waals surface area contributed by atoms with Gasteiger partial charge in [0.2, 0.25) is 0 Å². The van der Waals surface area contributed by atoms with Gasteiger partial charge in [0.15, 0.2) is 0 Å². The molecule has 3 heteroatoms. The zero-order valence-corrected chi connectivity index (χ0v) is 3.79. The Morgan fingerprint density at radius 1 is 1.40 bits per heavy atom. The molecule has 0 spiro atoms. The van der Waals surface area contributed by atoms with E-state index in [1.54, 1.807) is 0 Å². The second-order valence-electron chi connectivity index (χ2n) is 0. The van der Waals surface area contributed by atoms with E-state index in [-0.39, 0.29) is 19.5 Å². The van der Waals surface area contributed by atoms with Gasteiger partial charge in [0.1, 0.15) is 0 Å². The summed E-state index contributed by atoms with van der Waals surface area (Å²) in [6.07, 6.45) is 0. The van der Waals surface area contributed by atoms with E-state index >= 15 is 0 Å². The van der Waals surface area contributed by atoms with Crippen LogP contribution in [0, 0.1) is 0 Å². The Hall–Kier alpha value is -0.0366. The van der Waals surface area contributed by atoms with Crippen molar-refractivity contribution >= 4 is 13.5 Å². The molecule has 0 aliphatic carbocycles. The van der Waals surface area contributed by atoms with Crippen molar-refractivity contribution in [1.82, 2.24) is 0 Å². The van der Waals surface area contributed by atoms with E-state index < -0.39 is 0 Å². The fraction of sp³-hybridized carbons (Fsp3) is 0. The molecule has 0 N–H and O–H groups in total. The minimum Gasteiger partial charge on any atom is -0.545 e. The van der Waals surface area contributed by atoms with Crippen molar-refractivity contribution in [2.75, 3.05) is 0 Å². The van der Waals surface area contributed by atoms with Crippen molar-refractivity contribution in [3.8, 4) is 0 Å². The molecule has 0 saturated carbocycles. The maximum Gasteiger partial charge on any atom is 2.00 e. The molecule has 0 aromatic carbocycles. The van der Waals surface area contributed by atoms with Crippen molar-refractivity contribution in [3.05, 3.63) is 0 Å². The van der Waals surface area contributed by atoms with Crippen LogP contribution in [-0.2, 0) is 29.1 Å². The number of carbonyl (C=O) groups excluding carboxylic acids is 2. The van der Waals surface area contributed by atoms with Crippen LogP contribution < -0.4 is 0 Å². The molecular weight excluding hydrogens is 159 g/mol. The molecule has 0 fully saturated rings. The van der Waals surface area contributed by atoms with E-state index in [1.807, 2.05) is 0 Å². The van der Waals surface area contributed by atoms with E-state index in [0.29, 0.717) is 0 Å². The summed E-state index contributed by atoms with van der Waals surface area (Å²) in [6.45, 7) is 1.50. The predicted octanol–water partition coefficient (Wildman–Crippen LogP) is -0.551. The van der Waals surface area contributed by atoms with Gasteiger partial charge in [0.25, 0.3) is 0 Å². The smallest absolute Gasteiger partial charge is 0.545 e. The molecule has 0 rings (SSSR count). The van der Waals surface area contributed by atoms with Crippen LogP contribution in [0.2, 0.25) is 0 Å². The van der Waals surface area contributed by atoms with Crippen LogP contribution in [0.3, 0.4) is 0 Å². The molecule has 2 nitrogen and oxygen atoms in total. The first-order valence-corrected chi connectivity index (χ1v) is 0.408. The molecule has 0 bridgehead atoms. The number of rotatable bonds is 0. The second kappa shape index (κ2) is 25900. The van der Waals surface area contributed by atoms with E-state index in [1.165, 1.54) is 0 Å². The van der Waals surface area contributed by atoms with Crippen molar-refractivity contribution in [1.29, 1.82) is 0 Å². The Balaban J connectivity index is -0.0000000400. The van der Waals surface area contributed by atoms with Crippen molar-refractivity contribution in [2.45, 2.75) is 0 Å². The van der Waals surface area contributed by atoms with Gasteiger partial charge in [0, 0.05) is 0 Å². The third-order valence-corrected chi connectivity index (χ3v) is 0. The Bertz CT molecular complexity index is 34.7. The summed E-state index contributed by atoms with van der Waals surface area (Å²) in [7, 11) is 0. The van der Waals surface area contributed by atoms with Gasteiger partial charge in [-0.25, -0.2) is 0 Å². The fourth-order valence-electron chi connectivity index (χ4n) is 0. The molecule has 1 radical (unpaired) electrons. The van der Waals surface area contributed by atoms with E-state index in [4.69, 9.17) is 12.3 Å². The third kappa shape index (κ3) is 11400.